The van der Waals surface area contributed by atoms with Crippen LogP contribution in [0.25, 0.3) is 0 Å². The van der Waals surface area contributed by atoms with Gasteiger partial charge in [-0.2, -0.15) is 4.98 Å². The standard InChI is InChI=1S/C7H13N3O2/c1-4(2)6-9-7(12-10-6)5(8)3-11/h4-5,11H,3,8H2,1-2H3/t5-/m0/s1. The maximum absolute atomic E-state index is 8.68. The van der Waals surface area contributed by atoms with Crippen molar-refractivity contribution >= 4 is 0 Å². The molecule has 0 radical (unpaired) electrons. The Kier molecular flexibility index (Phi) is 2.78. The molecule has 0 aliphatic heterocycles. The second-order valence-corrected chi connectivity index (χ2v) is 2.93. The third-order valence-electron chi connectivity index (χ3n) is 1.49. The molecule has 0 bridgehead atoms. The first kappa shape index (κ1) is 9.15. The molecule has 5 nitrogen and oxygen atoms in total. The van der Waals surface area contributed by atoms with Gasteiger partial charge in [-0.15, -0.1) is 0 Å². The molecular formula is C7H13N3O2. The van der Waals surface area contributed by atoms with Crippen LogP contribution in [0.15, 0.2) is 4.52 Å². The summed E-state index contributed by atoms with van der Waals surface area (Å²) in [5, 5.41) is 12.4. The number of aliphatic hydroxyl groups is 1. The topological polar surface area (TPSA) is 85.2 Å². The molecule has 1 aromatic rings. The van der Waals surface area contributed by atoms with Gasteiger partial charge in [-0.25, -0.2) is 0 Å². The number of nitrogens with two attached hydrogens (primary N) is 1. The van der Waals surface area contributed by atoms with Crippen LogP contribution in [0.5, 0.6) is 0 Å². The third kappa shape index (κ3) is 1.80. The molecule has 0 saturated heterocycles. The number of hydrogen-bond acceptors (Lipinski definition) is 5. The number of aromatic nitrogens is 2. The third-order valence-corrected chi connectivity index (χ3v) is 1.49. The average Bonchev–Trinajstić information content (AvgIpc) is 2.51. The Bertz CT molecular complexity index is 247. The minimum Gasteiger partial charge on any atom is -0.394 e. The van der Waals surface area contributed by atoms with E-state index in [1.54, 1.807) is 0 Å². The molecule has 1 aromatic heterocycles. The van der Waals surface area contributed by atoms with Crippen LogP contribution in [0.3, 0.4) is 0 Å². The molecule has 0 amide bonds. The minimum atomic E-state index is -0.565. The van der Waals surface area contributed by atoms with Crippen LogP contribution in [-0.2, 0) is 0 Å². The number of rotatable bonds is 3. The highest BCUT2D eigenvalue weighted by Gasteiger charge is 2.14. The van der Waals surface area contributed by atoms with Crippen molar-refractivity contribution in [1.82, 2.24) is 10.1 Å². The van der Waals surface area contributed by atoms with E-state index in [1.165, 1.54) is 0 Å². The summed E-state index contributed by atoms with van der Waals surface area (Å²) in [6.07, 6.45) is 0. The van der Waals surface area contributed by atoms with Gasteiger partial charge in [0, 0.05) is 5.92 Å². The Morgan fingerprint density at radius 2 is 2.25 bits per heavy atom. The van der Waals surface area contributed by atoms with E-state index in [0.717, 1.165) is 0 Å². The van der Waals surface area contributed by atoms with Crippen LogP contribution in [0.2, 0.25) is 0 Å². The Hall–Kier alpha value is -0.940. The van der Waals surface area contributed by atoms with E-state index < -0.39 is 6.04 Å². The van der Waals surface area contributed by atoms with Crippen molar-refractivity contribution in [3.8, 4) is 0 Å². The van der Waals surface area contributed by atoms with E-state index in [9.17, 15) is 0 Å². The second-order valence-electron chi connectivity index (χ2n) is 2.93. The van der Waals surface area contributed by atoms with Crippen molar-refractivity contribution < 1.29 is 9.63 Å². The van der Waals surface area contributed by atoms with Gasteiger partial charge in [0.05, 0.1) is 6.61 Å². The Morgan fingerprint density at radius 1 is 1.58 bits per heavy atom. The Labute approximate surface area is 70.6 Å². The average molecular weight is 171 g/mol. The normalized spacial score (nSPS) is 13.8. The van der Waals surface area contributed by atoms with Crippen molar-refractivity contribution in [2.45, 2.75) is 25.8 Å². The van der Waals surface area contributed by atoms with Gasteiger partial charge in [-0.1, -0.05) is 19.0 Å². The SMILES string of the molecule is CC(C)c1noc([C@@H](N)CO)n1. The summed E-state index contributed by atoms with van der Waals surface area (Å²) in [4.78, 5) is 4.02. The summed E-state index contributed by atoms with van der Waals surface area (Å²) in [5.41, 5.74) is 5.46. The lowest BCUT2D eigenvalue weighted by Gasteiger charge is -1.98. The van der Waals surface area contributed by atoms with E-state index in [-0.39, 0.29) is 12.5 Å². The molecule has 12 heavy (non-hydrogen) atoms. The lowest BCUT2D eigenvalue weighted by atomic mass is 10.2. The largest absolute Gasteiger partial charge is 0.394 e. The predicted octanol–water partition coefficient (Wildman–Crippen LogP) is 0.185. The molecule has 1 atom stereocenters. The zero-order chi connectivity index (χ0) is 9.14. The molecule has 68 valence electrons. The van der Waals surface area contributed by atoms with Gasteiger partial charge in [0.2, 0.25) is 5.89 Å². The first-order valence-electron chi connectivity index (χ1n) is 3.85. The second kappa shape index (κ2) is 3.64. The van der Waals surface area contributed by atoms with E-state index >= 15 is 0 Å². The van der Waals surface area contributed by atoms with Gasteiger partial charge in [0.15, 0.2) is 5.82 Å². The molecule has 0 spiro atoms. The van der Waals surface area contributed by atoms with E-state index in [2.05, 4.69) is 10.1 Å². The predicted molar refractivity (Wildman–Crippen MR) is 42.4 cm³/mol. The van der Waals surface area contributed by atoms with Crippen molar-refractivity contribution in [3.05, 3.63) is 11.7 Å². The number of hydrogen-bond donors (Lipinski definition) is 2. The molecule has 0 aromatic carbocycles. The fourth-order valence-electron chi connectivity index (χ4n) is 0.710. The minimum absolute atomic E-state index is 0.181. The van der Waals surface area contributed by atoms with E-state index in [0.29, 0.717) is 11.7 Å². The van der Waals surface area contributed by atoms with Crippen LogP contribution < -0.4 is 5.73 Å². The Balaban J connectivity index is 2.77. The summed E-state index contributed by atoms with van der Waals surface area (Å²) in [7, 11) is 0. The maximum atomic E-state index is 8.68. The molecular weight excluding hydrogens is 158 g/mol. The molecule has 0 saturated carbocycles. The van der Waals surface area contributed by atoms with Crippen molar-refractivity contribution in [1.29, 1.82) is 0 Å². The summed E-state index contributed by atoms with van der Waals surface area (Å²) >= 11 is 0. The lowest BCUT2D eigenvalue weighted by Crippen LogP contribution is -2.14. The van der Waals surface area contributed by atoms with Crippen molar-refractivity contribution in [2.75, 3.05) is 6.61 Å². The highest BCUT2D eigenvalue weighted by molar-refractivity contribution is 4.95. The van der Waals surface area contributed by atoms with Crippen LogP contribution in [0.1, 0.15) is 37.5 Å². The zero-order valence-corrected chi connectivity index (χ0v) is 7.19. The molecule has 3 N–H and O–H groups in total. The van der Waals surface area contributed by atoms with Crippen LogP contribution in [0.4, 0.5) is 0 Å². The summed E-state index contributed by atoms with van der Waals surface area (Å²) < 4.78 is 4.83. The molecule has 0 aliphatic rings. The molecule has 5 heteroatoms. The smallest absolute Gasteiger partial charge is 0.245 e. The fraction of sp³-hybridized carbons (Fsp3) is 0.714. The van der Waals surface area contributed by atoms with Crippen LogP contribution in [-0.4, -0.2) is 21.9 Å². The lowest BCUT2D eigenvalue weighted by molar-refractivity contribution is 0.236. The Morgan fingerprint density at radius 3 is 2.67 bits per heavy atom. The fourth-order valence-corrected chi connectivity index (χ4v) is 0.710. The molecule has 1 heterocycles. The van der Waals surface area contributed by atoms with Crippen molar-refractivity contribution in [3.63, 3.8) is 0 Å². The monoisotopic (exact) mass is 171 g/mol. The quantitative estimate of drug-likeness (QED) is 0.677. The van der Waals surface area contributed by atoms with Crippen molar-refractivity contribution in [2.24, 2.45) is 5.73 Å². The first-order chi connectivity index (χ1) is 5.65. The number of aliphatic hydroxyl groups excluding tert-OH is 1. The molecule has 0 aliphatic carbocycles. The van der Waals surface area contributed by atoms with E-state index in [4.69, 9.17) is 15.4 Å². The first-order valence-corrected chi connectivity index (χ1v) is 3.85. The molecule has 0 unspecified atom stereocenters. The van der Waals surface area contributed by atoms with Gasteiger partial charge in [0.25, 0.3) is 0 Å². The summed E-state index contributed by atoms with van der Waals surface area (Å²) in [5.74, 6) is 1.13. The number of nitrogens with zero attached hydrogens (tertiary/aromatic N) is 2. The highest BCUT2D eigenvalue weighted by atomic mass is 16.5. The van der Waals surface area contributed by atoms with Gasteiger partial charge in [-0.05, 0) is 0 Å². The van der Waals surface area contributed by atoms with Crippen LogP contribution >= 0.6 is 0 Å². The highest BCUT2D eigenvalue weighted by Crippen LogP contribution is 2.12. The summed E-state index contributed by atoms with van der Waals surface area (Å²) in [6.45, 7) is 3.73. The molecule has 1 rings (SSSR count). The van der Waals surface area contributed by atoms with Gasteiger partial charge < -0.3 is 15.4 Å². The van der Waals surface area contributed by atoms with Crippen LogP contribution in [0, 0.1) is 0 Å². The maximum Gasteiger partial charge on any atom is 0.245 e. The summed E-state index contributed by atoms with van der Waals surface area (Å²) in [6, 6.07) is -0.565. The zero-order valence-electron chi connectivity index (χ0n) is 7.19. The van der Waals surface area contributed by atoms with Gasteiger partial charge >= 0.3 is 0 Å². The molecule has 0 fully saturated rings. The van der Waals surface area contributed by atoms with E-state index in [1.807, 2.05) is 13.8 Å². The van der Waals surface area contributed by atoms with Gasteiger partial charge in [-0.3, -0.25) is 0 Å². The van der Waals surface area contributed by atoms with Gasteiger partial charge in [0.1, 0.15) is 6.04 Å².